The second-order valence-corrected chi connectivity index (χ2v) is 7.80. The van der Waals surface area contributed by atoms with E-state index in [-0.39, 0.29) is 17.0 Å². The van der Waals surface area contributed by atoms with E-state index in [1.54, 1.807) is 0 Å². The van der Waals surface area contributed by atoms with E-state index in [1.165, 1.54) is 60.1 Å². The topological polar surface area (TPSA) is 170 Å². The molecule has 1 amide bonds. The van der Waals surface area contributed by atoms with E-state index in [0.29, 0.717) is 11.1 Å². The fourth-order valence-corrected chi connectivity index (χ4v) is 3.46. The van der Waals surface area contributed by atoms with E-state index in [1.807, 2.05) is 0 Å². The number of amides is 1. The molecule has 0 radical (unpaired) electrons. The lowest BCUT2D eigenvalue weighted by Crippen LogP contribution is -2.25. The first kappa shape index (κ1) is 22.6. The standard InChI is InChI=1S/C19H18N2O8S/c22-17(20-27)10-5-12-3-8-15(9-4-12)30(28,29)21-14-6-1-13(2-7-14)11-16(18(23)24)19(25)26/h1-10,16,21,27H,11H2,(H,20,22)(H,23,24)(H,25,26)/b10-5+. The zero-order valence-electron chi connectivity index (χ0n) is 15.3. The van der Waals surface area contributed by atoms with Crippen LogP contribution in [0.5, 0.6) is 0 Å². The van der Waals surface area contributed by atoms with E-state index < -0.39 is 33.8 Å². The van der Waals surface area contributed by atoms with Gasteiger partial charge in [-0.2, -0.15) is 0 Å². The minimum atomic E-state index is -3.91. The van der Waals surface area contributed by atoms with Crippen LogP contribution in [0.25, 0.3) is 6.08 Å². The van der Waals surface area contributed by atoms with Crippen LogP contribution in [-0.4, -0.2) is 41.7 Å². The average molecular weight is 434 g/mol. The lowest BCUT2D eigenvalue weighted by Gasteiger charge is -2.10. The van der Waals surface area contributed by atoms with Gasteiger partial charge in [0.2, 0.25) is 0 Å². The Bertz CT molecular complexity index is 1050. The Morgan fingerprint density at radius 3 is 2.00 bits per heavy atom. The summed E-state index contributed by atoms with van der Waals surface area (Å²) in [6.07, 6.45) is 2.22. The van der Waals surface area contributed by atoms with E-state index in [9.17, 15) is 22.8 Å². The Hall–Kier alpha value is -3.70. The van der Waals surface area contributed by atoms with Crippen molar-refractivity contribution in [3.63, 3.8) is 0 Å². The summed E-state index contributed by atoms with van der Waals surface area (Å²) < 4.78 is 27.3. The van der Waals surface area contributed by atoms with Crippen LogP contribution in [0.15, 0.2) is 59.5 Å². The third kappa shape index (κ3) is 6.15. The number of hydrogen-bond acceptors (Lipinski definition) is 6. The van der Waals surface area contributed by atoms with E-state index in [2.05, 4.69) is 4.72 Å². The van der Waals surface area contributed by atoms with Crippen molar-refractivity contribution in [2.75, 3.05) is 4.72 Å². The van der Waals surface area contributed by atoms with Gasteiger partial charge in [-0.3, -0.25) is 24.3 Å². The molecule has 30 heavy (non-hydrogen) atoms. The number of hydrogen-bond donors (Lipinski definition) is 5. The molecular weight excluding hydrogens is 416 g/mol. The van der Waals surface area contributed by atoms with Crippen LogP contribution in [0.3, 0.4) is 0 Å². The van der Waals surface area contributed by atoms with Crippen molar-refractivity contribution in [3.8, 4) is 0 Å². The maximum atomic E-state index is 12.5. The van der Waals surface area contributed by atoms with Gasteiger partial charge in [0.05, 0.1) is 4.90 Å². The molecule has 0 bridgehead atoms. The summed E-state index contributed by atoms with van der Waals surface area (Å²) in [5, 5.41) is 26.3. The molecule has 0 heterocycles. The average Bonchev–Trinajstić information content (AvgIpc) is 2.71. The Kier molecular flexibility index (Phi) is 7.28. The fourth-order valence-electron chi connectivity index (χ4n) is 2.41. The highest BCUT2D eigenvalue weighted by Crippen LogP contribution is 2.19. The first-order chi connectivity index (χ1) is 14.1. The predicted octanol–water partition coefficient (Wildman–Crippen LogP) is 1.33. The second-order valence-electron chi connectivity index (χ2n) is 6.11. The molecule has 10 nitrogen and oxygen atoms in total. The van der Waals surface area contributed by atoms with E-state index in [4.69, 9.17) is 15.4 Å². The summed E-state index contributed by atoms with van der Waals surface area (Å²) in [4.78, 5) is 32.8. The van der Waals surface area contributed by atoms with Gasteiger partial charge >= 0.3 is 11.9 Å². The normalized spacial score (nSPS) is 11.4. The second kappa shape index (κ2) is 9.67. The lowest BCUT2D eigenvalue weighted by molar-refractivity contribution is -0.154. The maximum absolute atomic E-state index is 12.5. The number of carboxylic acid groups (broad SMARTS) is 2. The smallest absolute Gasteiger partial charge is 0.318 e. The van der Waals surface area contributed by atoms with Gasteiger partial charge in [0.1, 0.15) is 0 Å². The molecule has 0 unspecified atom stereocenters. The number of carbonyl (C=O) groups excluding carboxylic acids is 1. The largest absolute Gasteiger partial charge is 0.481 e. The van der Waals surface area contributed by atoms with E-state index >= 15 is 0 Å². The summed E-state index contributed by atoms with van der Waals surface area (Å²) in [6, 6.07) is 11.3. The summed E-state index contributed by atoms with van der Waals surface area (Å²) in [6.45, 7) is 0. The fraction of sp³-hybridized carbons (Fsp3) is 0.105. The molecule has 0 aliphatic carbocycles. The molecule has 2 aromatic rings. The molecule has 0 saturated carbocycles. The van der Waals surface area contributed by atoms with Gasteiger partial charge in [0.15, 0.2) is 5.92 Å². The zero-order chi connectivity index (χ0) is 22.3. The van der Waals surface area contributed by atoms with Gasteiger partial charge in [-0.05, 0) is 47.9 Å². The highest BCUT2D eigenvalue weighted by Gasteiger charge is 2.25. The number of hydroxylamine groups is 1. The first-order valence-electron chi connectivity index (χ1n) is 8.42. The van der Waals surface area contributed by atoms with Crippen molar-refractivity contribution in [2.24, 2.45) is 5.92 Å². The molecule has 0 aromatic heterocycles. The Morgan fingerprint density at radius 1 is 0.933 bits per heavy atom. The van der Waals surface area contributed by atoms with Crippen LogP contribution in [0, 0.1) is 5.92 Å². The number of sulfonamides is 1. The Balaban J connectivity index is 2.09. The van der Waals surface area contributed by atoms with Gasteiger partial charge in [0, 0.05) is 11.8 Å². The monoisotopic (exact) mass is 434 g/mol. The molecule has 2 aromatic carbocycles. The number of carboxylic acids is 2. The van der Waals surface area contributed by atoms with Gasteiger partial charge < -0.3 is 10.2 Å². The summed E-state index contributed by atoms with van der Waals surface area (Å²) >= 11 is 0. The number of anilines is 1. The van der Waals surface area contributed by atoms with Crippen molar-refractivity contribution in [3.05, 3.63) is 65.7 Å². The highest BCUT2D eigenvalue weighted by molar-refractivity contribution is 7.92. The summed E-state index contributed by atoms with van der Waals surface area (Å²) in [5.41, 5.74) is 2.61. The lowest BCUT2D eigenvalue weighted by atomic mass is 9.99. The molecule has 0 aliphatic rings. The van der Waals surface area contributed by atoms with Crippen LogP contribution < -0.4 is 10.2 Å². The molecule has 0 fully saturated rings. The summed E-state index contributed by atoms with van der Waals surface area (Å²) in [7, 11) is -3.91. The van der Waals surface area contributed by atoms with Gasteiger partial charge in [0.25, 0.3) is 15.9 Å². The highest BCUT2D eigenvalue weighted by atomic mass is 32.2. The Labute approximate surface area is 171 Å². The molecule has 0 aliphatic heterocycles. The minimum Gasteiger partial charge on any atom is -0.481 e. The molecule has 11 heteroatoms. The van der Waals surface area contributed by atoms with Crippen LogP contribution in [0.4, 0.5) is 5.69 Å². The molecule has 2 rings (SSSR count). The summed E-state index contributed by atoms with van der Waals surface area (Å²) in [5.74, 6) is -5.23. The number of benzene rings is 2. The molecule has 158 valence electrons. The van der Waals surface area contributed by atoms with Crippen molar-refractivity contribution in [2.45, 2.75) is 11.3 Å². The van der Waals surface area contributed by atoms with Crippen LogP contribution in [-0.2, 0) is 30.8 Å². The number of carbonyl (C=O) groups is 3. The van der Waals surface area contributed by atoms with Crippen molar-refractivity contribution in [1.29, 1.82) is 0 Å². The first-order valence-corrected chi connectivity index (χ1v) is 9.90. The minimum absolute atomic E-state index is 0.0350. The number of nitrogens with one attached hydrogen (secondary N) is 2. The zero-order valence-corrected chi connectivity index (χ0v) is 16.2. The van der Waals surface area contributed by atoms with E-state index in [0.717, 1.165) is 6.08 Å². The molecular formula is C19H18N2O8S. The quantitative estimate of drug-likeness (QED) is 0.170. The molecule has 0 saturated heterocycles. The molecule has 5 N–H and O–H groups in total. The van der Waals surface area contributed by atoms with Crippen LogP contribution in [0.1, 0.15) is 11.1 Å². The SMILES string of the molecule is O=C(/C=C/c1ccc(S(=O)(=O)Nc2ccc(CC(C(=O)O)C(=O)O)cc2)cc1)NO. The van der Waals surface area contributed by atoms with Gasteiger partial charge in [-0.25, -0.2) is 13.9 Å². The number of aliphatic carboxylic acids is 2. The maximum Gasteiger partial charge on any atom is 0.318 e. The van der Waals surface area contributed by atoms with Gasteiger partial charge in [-0.15, -0.1) is 0 Å². The van der Waals surface area contributed by atoms with Crippen molar-refractivity contribution in [1.82, 2.24) is 5.48 Å². The number of rotatable bonds is 9. The van der Waals surface area contributed by atoms with Crippen LogP contribution in [0.2, 0.25) is 0 Å². The predicted molar refractivity (Wildman–Crippen MR) is 105 cm³/mol. The van der Waals surface area contributed by atoms with Crippen LogP contribution >= 0.6 is 0 Å². The molecule has 0 atom stereocenters. The van der Waals surface area contributed by atoms with Crippen molar-refractivity contribution < 1.29 is 38.2 Å². The van der Waals surface area contributed by atoms with Gasteiger partial charge in [-0.1, -0.05) is 24.3 Å². The van der Waals surface area contributed by atoms with Crippen molar-refractivity contribution >= 4 is 39.6 Å². The third-order valence-electron chi connectivity index (χ3n) is 3.97. The Morgan fingerprint density at radius 2 is 1.50 bits per heavy atom. The molecule has 0 spiro atoms. The third-order valence-corrected chi connectivity index (χ3v) is 5.37.